The van der Waals surface area contributed by atoms with Crippen LogP contribution < -0.4 is 5.32 Å². The van der Waals surface area contributed by atoms with Crippen molar-refractivity contribution in [3.63, 3.8) is 0 Å². The van der Waals surface area contributed by atoms with Crippen LogP contribution in [0, 0.1) is 11.3 Å². The Bertz CT molecular complexity index is 282. The van der Waals surface area contributed by atoms with Gasteiger partial charge in [-0.05, 0) is 24.2 Å². The molecule has 1 rings (SSSR count). The molecular formula is C13H23NO3. The number of nitrogens with one attached hydrogen (secondary N) is 1. The maximum absolute atomic E-state index is 11.6. The molecular weight excluding hydrogens is 218 g/mol. The molecule has 1 amide bonds. The van der Waals surface area contributed by atoms with Crippen LogP contribution in [0.3, 0.4) is 0 Å². The van der Waals surface area contributed by atoms with Gasteiger partial charge in [0.05, 0.1) is 0 Å². The average Bonchev–Trinajstić information content (AvgIpc) is 2.61. The molecule has 0 spiro atoms. The van der Waals surface area contributed by atoms with Crippen LogP contribution >= 0.6 is 0 Å². The fraction of sp³-hybridized carbons (Fsp3) is 0.846. The normalized spacial score (nSPS) is 19.9. The standard InChI is InChI=1S/C13H23NO3/c1-10(8-12(16)17)7-11(15)14-9-13(2)5-3-4-6-13/h10H,3-9H2,1-2H3,(H,14,15)(H,16,17). The van der Waals surface area contributed by atoms with Crippen molar-refractivity contribution in [2.75, 3.05) is 6.54 Å². The molecule has 0 heterocycles. The Balaban J connectivity index is 2.23. The van der Waals surface area contributed by atoms with Gasteiger partial charge in [-0.25, -0.2) is 0 Å². The van der Waals surface area contributed by atoms with Crippen LogP contribution in [-0.4, -0.2) is 23.5 Å². The minimum atomic E-state index is -0.840. The van der Waals surface area contributed by atoms with E-state index in [4.69, 9.17) is 5.11 Å². The van der Waals surface area contributed by atoms with Crippen LogP contribution in [0.25, 0.3) is 0 Å². The summed E-state index contributed by atoms with van der Waals surface area (Å²) in [4.78, 5) is 22.1. The van der Waals surface area contributed by atoms with Gasteiger partial charge in [0.25, 0.3) is 0 Å². The molecule has 4 nitrogen and oxygen atoms in total. The summed E-state index contributed by atoms with van der Waals surface area (Å²) in [7, 11) is 0. The van der Waals surface area contributed by atoms with Gasteiger partial charge in [-0.3, -0.25) is 9.59 Å². The van der Waals surface area contributed by atoms with E-state index in [1.807, 2.05) is 0 Å². The van der Waals surface area contributed by atoms with Crippen LogP contribution in [0.4, 0.5) is 0 Å². The van der Waals surface area contributed by atoms with Gasteiger partial charge >= 0.3 is 5.97 Å². The summed E-state index contributed by atoms with van der Waals surface area (Å²) in [5.41, 5.74) is 0.256. The van der Waals surface area contributed by atoms with E-state index in [-0.39, 0.29) is 23.7 Å². The summed E-state index contributed by atoms with van der Waals surface area (Å²) < 4.78 is 0. The van der Waals surface area contributed by atoms with E-state index in [1.54, 1.807) is 6.92 Å². The summed E-state index contributed by atoms with van der Waals surface area (Å²) in [6, 6.07) is 0. The molecule has 0 saturated heterocycles. The van der Waals surface area contributed by atoms with Gasteiger partial charge in [-0.1, -0.05) is 26.7 Å². The molecule has 98 valence electrons. The number of amides is 1. The van der Waals surface area contributed by atoms with E-state index in [0.29, 0.717) is 6.42 Å². The van der Waals surface area contributed by atoms with Crippen molar-refractivity contribution >= 4 is 11.9 Å². The number of carboxylic acids is 1. The summed E-state index contributed by atoms with van der Waals surface area (Å²) >= 11 is 0. The third-order valence-electron chi connectivity index (χ3n) is 3.58. The van der Waals surface area contributed by atoms with Crippen LogP contribution in [0.5, 0.6) is 0 Å². The average molecular weight is 241 g/mol. The molecule has 1 unspecified atom stereocenters. The van der Waals surface area contributed by atoms with Gasteiger partial charge in [0.1, 0.15) is 0 Å². The predicted molar refractivity (Wildman–Crippen MR) is 65.6 cm³/mol. The fourth-order valence-corrected chi connectivity index (χ4v) is 2.48. The maximum Gasteiger partial charge on any atom is 0.303 e. The second-order valence-electron chi connectivity index (χ2n) is 5.70. The molecule has 0 aromatic rings. The topological polar surface area (TPSA) is 66.4 Å². The first kappa shape index (κ1) is 14.0. The number of carbonyl (C=O) groups excluding carboxylic acids is 1. The van der Waals surface area contributed by atoms with E-state index in [0.717, 1.165) is 6.54 Å². The van der Waals surface area contributed by atoms with E-state index >= 15 is 0 Å². The monoisotopic (exact) mass is 241 g/mol. The molecule has 1 atom stereocenters. The fourth-order valence-electron chi connectivity index (χ4n) is 2.48. The Labute approximate surface area is 103 Å². The zero-order chi connectivity index (χ0) is 12.9. The summed E-state index contributed by atoms with van der Waals surface area (Å²) in [5, 5.41) is 11.5. The summed E-state index contributed by atoms with van der Waals surface area (Å²) in [6.45, 7) is 4.73. The molecule has 0 bridgehead atoms. The zero-order valence-electron chi connectivity index (χ0n) is 10.8. The minimum Gasteiger partial charge on any atom is -0.481 e. The zero-order valence-corrected chi connectivity index (χ0v) is 10.8. The first-order chi connectivity index (χ1) is 7.91. The highest BCUT2D eigenvalue weighted by Crippen LogP contribution is 2.36. The summed E-state index contributed by atoms with van der Waals surface area (Å²) in [6.07, 6.45) is 5.23. The number of hydrogen-bond acceptors (Lipinski definition) is 2. The summed E-state index contributed by atoms with van der Waals surface area (Å²) in [5.74, 6) is -0.955. The highest BCUT2D eigenvalue weighted by molar-refractivity contribution is 5.77. The molecule has 17 heavy (non-hydrogen) atoms. The third-order valence-corrected chi connectivity index (χ3v) is 3.58. The Kier molecular flexibility index (Phi) is 4.97. The van der Waals surface area contributed by atoms with Crippen molar-refractivity contribution in [1.29, 1.82) is 0 Å². The van der Waals surface area contributed by atoms with Gasteiger partial charge in [0.15, 0.2) is 0 Å². The van der Waals surface area contributed by atoms with Crippen molar-refractivity contribution < 1.29 is 14.7 Å². The lowest BCUT2D eigenvalue weighted by Gasteiger charge is -2.24. The van der Waals surface area contributed by atoms with E-state index in [1.165, 1.54) is 25.7 Å². The van der Waals surface area contributed by atoms with Gasteiger partial charge < -0.3 is 10.4 Å². The van der Waals surface area contributed by atoms with Crippen LogP contribution in [0.15, 0.2) is 0 Å². The number of rotatable bonds is 6. The molecule has 1 fully saturated rings. The van der Waals surface area contributed by atoms with Crippen molar-refractivity contribution in [1.82, 2.24) is 5.32 Å². The van der Waals surface area contributed by atoms with Gasteiger partial charge in [0, 0.05) is 19.4 Å². The Hall–Kier alpha value is -1.06. The van der Waals surface area contributed by atoms with Gasteiger partial charge in [0.2, 0.25) is 5.91 Å². The van der Waals surface area contributed by atoms with Crippen LogP contribution in [0.1, 0.15) is 52.4 Å². The lowest BCUT2D eigenvalue weighted by Crippen LogP contribution is -2.34. The van der Waals surface area contributed by atoms with Gasteiger partial charge in [-0.2, -0.15) is 0 Å². The molecule has 0 radical (unpaired) electrons. The minimum absolute atomic E-state index is 0.0214. The van der Waals surface area contributed by atoms with E-state index in [2.05, 4.69) is 12.2 Å². The lowest BCUT2D eigenvalue weighted by molar-refractivity contribution is -0.138. The Morgan fingerprint density at radius 2 is 1.88 bits per heavy atom. The Morgan fingerprint density at radius 1 is 1.29 bits per heavy atom. The molecule has 0 aromatic carbocycles. The molecule has 0 aliphatic heterocycles. The first-order valence-corrected chi connectivity index (χ1v) is 6.40. The maximum atomic E-state index is 11.6. The highest BCUT2D eigenvalue weighted by atomic mass is 16.4. The van der Waals surface area contributed by atoms with E-state index in [9.17, 15) is 9.59 Å². The molecule has 4 heteroatoms. The predicted octanol–water partition coefficient (Wildman–Crippen LogP) is 2.18. The second-order valence-corrected chi connectivity index (χ2v) is 5.70. The molecule has 1 aliphatic carbocycles. The molecule has 1 saturated carbocycles. The third kappa shape index (κ3) is 5.20. The van der Waals surface area contributed by atoms with Gasteiger partial charge in [-0.15, -0.1) is 0 Å². The number of aliphatic carboxylic acids is 1. The van der Waals surface area contributed by atoms with Crippen molar-refractivity contribution in [3.05, 3.63) is 0 Å². The molecule has 1 aliphatic rings. The molecule has 0 aromatic heterocycles. The Morgan fingerprint density at radius 3 is 2.41 bits per heavy atom. The highest BCUT2D eigenvalue weighted by Gasteiger charge is 2.28. The quantitative estimate of drug-likeness (QED) is 0.749. The second kappa shape index (κ2) is 6.03. The smallest absolute Gasteiger partial charge is 0.303 e. The molecule has 2 N–H and O–H groups in total. The van der Waals surface area contributed by atoms with Crippen molar-refractivity contribution in [2.45, 2.75) is 52.4 Å². The van der Waals surface area contributed by atoms with Crippen LogP contribution in [-0.2, 0) is 9.59 Å². The number of hydrogen-bond donors (Lipinski definition) is 2. The largest absolute Gasteiger partial charge is 0.481 e. The number of carbonyl (C=O) groups is 2. The van der Waals surface area contributed by atoms with E-state index < -0.39 is 5.97 Å². The first-order valence-electron chi connectivity index (χ1n) is 6.40. The number of carboxylic acid groups (broad SMARTS) is 1. The SMILES string of the molecule is CC(CC(=O)O)CC(=O)NCC1(C)CCCC1. The van der Waals surface area contributed by atoms with Crippen molar-refractivity contribution in [2.24, 2.45) is 11.3 Å². The van der Waals surface area contributed by atoms with Crippen molar-refractivity contribution in [3.8, 4) is 0 Å². The lowest BCUT2D eigenvalue weighted by atomic mass is 9.89. The van der Waals surface area contributed by atoms with Crippen LogP contribution in [0.2, 0.25) is 0 Å².